The molecular weight excluding hydrogens is 222 g/mol. The van der Waals surface area contributed by atoms with E-state index in [-0.39, 0.29) is 0 Å². The molecule has 1 aromatic heterocycles. The zero-order chi connectivity index (χ0) is 13.0. The lowest BCUT2D eigenvalue weighted by molar-refractivity contribution is 0.302. The molecule has 102 valence electrons. The molecule has 1 heterocycles. The molecule has 0 saturated heterocycles. The molecule has 3 unspecified atom stereocenters. The molecule has 18 heavy (non-hydrogen) atoms. The molecule has 3 atom stereocenters. The second-order valence-electron chi connectivity index (χ2n) is 5.63. The number of hydrogen-bond donors (Lipinski definition) is 1. The van der Waals surface area contributed by atoms with E-state index in [1.807, 2.05) is 4.68 Å². The summed E-state index contributed by atoms with van der Waals surface area (Å²) in [5.74, 6) is 1.62. The van der Waals surface area contributed by atoms with Crippen molar-refractivity contribution in [3.63, 3.8) is 0 Å². The van der Waals surface area contributed by atoms with Gasteiger partial charge in [-0.3, -0.25) is 4.68 Å². The summed E-state index contributed by atoms with van der Waals surface area (Å²) in [4.78, 5) is 0. The van der Waals surface area contributed by atoms with Gasteiger partial charge in [-0.1, -0.05) is 26.7 Å². The van der Waals surface area contributed by atoms with Crippen LogP contribution in [0.3, 0.4) is 0 Å². The molecule has 0 spiro atoms. The van der Waals surface area contributed by atoms with Crippen molar-refractivity contribution in [1.29, 1.82) is 0 Å². The van der Waals surface area contributed by atoms with Gasteiger partial charge in [0.25, 0.3) is 0 Å². The molecule has 1 saturated carbocycles. The average molecular weight is 249 g/mol. The van der Waals surface area contributed by atoms with Crippen molar-refractivity contribution < 1.29 is 0 Å². The lowest BCUT2D eigenvalue weighted by Crippen LogP contribution is -2.30. The van der Waals surface area contributed by atoms with Gasteiger partial charge < -0.3 is 5.32 Å². The Balaban J connectivity index is 2.13. The zero-order valence-corrected chi connectivity index (χ0v) is 12.0. The summed E-state index contributed by atoms with van der Waals surface area (Å²) >= 11 is 0. The van der Waals surface area contributed by atoms with Crippen LogP contribution < -0.4 is 5.32 Å². The first-order valence-electron chi connectivity index (χ1n) is 7.52. The minimum atomic E-state index is 0.503. The third kappa shape index (κ3) is 2.94. The van der Waals surface area contributed by atoms with Crippen LogP contribution in [-0.2, 0) is 6.54 Å². The standard InChI is InChI=1S/C15H27N3/c1-4-9-16-15(14-8-6-7-12(14)3)13-10-17-18(5-2)11-13/h10-12,14-16H,4-9H2,1-3H3. The first kappa shape index (κ1) is 13.6. The van der Waals surface area contributed by atoms with Gasteiger partial charge >= 0.3 is 0 Å². The van der Waals surface area contributed by atoms with Crippen LogP contribution in [0, 0.1) is 11.8 Å². The Morgan fingerprint density at radius 3 is 2.83 bits per heavy atom. The molecule has 3 heteroatoms. The molecule has 1 N–H and O–H groups in total. The van der Waals surface area contributed by atoms with Crippen molar-refractivity contribution in [2.75, 3.05) is 6.54 Å². The van der Waals surface area contributed by atoms with Crippen LogP contribution in [0.15, 0.2) is 12.4 Å². The van der Waals surface area contributed by atoms with Crippen molar-refractivity contribution in [2.45, 2.75) is 59.0 Å². The highest BCUT2D eigenvalue weighted by Gasteiger charge is 2.32. The van der Waals surface area contributed by atoms with Gasteiger partial charge in [-0.15, -0.1) is 0 Å². The number of aryl methyl sites for hydroxylation is 1. The van der Waals surface area contributed by atoms with Crippen molar-refractivity contribution in [3.05, 3.63) is 18.0 Å². The largest absolute Gasteiger partial charge is 0.310 e. The Morgan fingerprint density at radius 2 is 2.28 bits per heavy atom. The van der Waals surface area contributed by atoms with E-state index in [1.165, 1.54) is 31.2 Å². The normalized spacial score (nSPS) is 25.5. The number of hydrogen-bond acceptors (Lipinski definition) is 2. The van der Waals surface area contributed by atoms with Crippen LogP contribution >= 0.6 is 0 Å². The van der Waals surface area contributed by atoms with E-state index in [0.717, 1.165) is 24.9 Å². The first-order chi connectivity index (χ1) is 8.76. The fraction of sp³-hybridized carbons (Fsp3) is 0.800. The fourth-order valence-electron chi connectivity index (χ4n) is 3.20. The minimum Gasteiger partial charge on any atom is -0.310 e. The molecule has 1 fully saturated rings. The second kappa shape index (κ2) is 6.37. The lowest BCUT2D eigenvalue weighted by atomic mass is 9.87. The molecule has 1 aromatic rings. The van der Waals surface area contributed by atoms with Gasteiger partial charge in [0.2, 0.25) is 0 Å². The molecule has 0 radical (unpaired) electrons. The highest BCUT2D eigenvalue weighted by atomic mass is 15.3. The van der Waals surface area contributed by atoms with Crippen molar-refractivity contribution in [1.82, 2.24) is 15.1 Å². The summed E-state index contributed by atoms with van der Waals surface area (Å²) < 4.78 is 2.04. The number of rotatable bonds is 6. The lowest BCUT2D eigenvalue weighted by Gasteiger charge is -2.27. The SMILES string of the molecule is CCCNC(c1cnn(CC)c1)C1CCCC1C. The Bertz CT molecular complexity index is 358. The van der Waals surface area contributed by atoms with Crippen LogP contribution in [0.5, 0.6) is 0 Å². The van der Waals surface area contributed by atoms with Gasteiger partial charge in [-0.25, -0.2) is 0 Å². The number of nitrogens with one attached hydrogen (secondary N) is 1. The molecule has 1 aliphatic carbocycles. The summed E-state index contributed by atoms with van der Waals surface area (Å²) in [7, 11) is 0. The summed E-state index contributed by atoms with van der Waals surface area (Å²) in [6.45, 7) is 8.84. The maximum atomic E-state index is 4.44. The van der Waals surface area contributed by atoms with Gasteiger partial charge in [-0.05, 0) is 38.1 Å². The van der Waals surface area contributed by atoms with Crippen LogP contribution in [0.25, 0.3) is 0 Å². The predicted molar refractivity (Wildman–Crippen MR) is 75.4 cm³/mol. The van der Waals surface area contributed by atoms with E-state index in [4.69, 9.17) is 0 Å². The smallest absolute Gasteiger partial charge is 0.0537 e. The van der Waals surface area contributed by atoms with Gasteiger partial charge in [0.1, 0.15) is 0 Å². The summed E-state index contributed by atoms with van der Waals surface area (Å²) in [6.07, 6.45) is 9.61. The molecule has 0 aliphatic heterocycles. The highest BCUT2D eigenvalue weighted by molar-refractivity contribution is 5.13. The topological polar surface area (TPSA) is 29.9 Å². The zero-order valence-electron chi connectivity index (χ0n) is 12.0. The van der Waals surface area contributed by atoms with Gasteiger partial charge in [0.15, 0.2) is 0 Å². The Labute approximate surface area is 111 Å². The maximum absolute atomic E-state index is 4.44. The van der Waals surface area contributed by atoms with E-state index >= 15 is 0 Å². The molecule has 0 aromatic carbocycles. The number of aromatic nitrogens is 2. The Kier molecular flexibility index (Phi) is 4.81. The van der Waals surface area contributed by atoms with Crippen LogP contribution in [0.1, 0.15) is 58.1 Å². The summed E-state index contributed by atoms with van der Waals surface area (Å²) in [5, 5.41) is 8.18. The summed E-state index contributed by atoms with van der Waals surface area (Å²) in [6, 6.07) is 0.503. The van der Waals surface area contributed by atoms with E-state index in [9.17, 15) is 0 Å². The number of nitrogens with zero attached hydrogens (tertiary/aromatic N) is 2. The monoisotopic (exact) mass is 249 g/mol. The quantitative estimate of drug-likeness (QED) is 0.837. The van der Waals surface area contributed by atoms with Crippen LogP contribution in [0.2, 0.25) is 0 Å². The summed E-state index contributed by atoms with van der Waals surface area (Å²) in [5.41, 5.74) is 1.38. The molecule has 0 bridgehead atoms. The van der Waals surface area contributed by atoms with Crippen LogP contribution in [-0.4, -0.2) is 16.3 Å². The first-order valence-corrected chi connectivity index (χ1v) is 7.52. The van der Waals surface area contributed by atoms with E-state index in [1.54, 1.807) is 0 Å². The third-order valence-electron chi connectivity index (χ3n) is 4.31. The molecule has 0 amide bonds. The molecule has 1 aliphatic rings. The van der Waals surface area contributed by atoms with E-state index in [0.29, 0.717) is 6.04 Å². The average Bonchev–Trinajstić information content (AvgIpc) is 3.00. The van der Waals surface area contributed by atoms with Crippen molar-refractivity contribution >= 4 is 0 Å². The molecule has 2 rings (SSSR count). The Hall–Kier alpha value is -0.830. The maximum Gasteiger partial charge on any atom is 0.0537 e. The molecular formula is C15H27N3. The van der Waals surface area contributed by atoms with E-state index in [2.05, 4.69) is 43.6 Å². The van der Waals surface area contributed by atoms with E-state index < -0.39 is 0 Å². The molecule has 3 nitrogen and oxygen atoms in total. The van der Waals surface area contributed by atoms with Gasteiger partial charge in [-0.2, -0.15) is 5.10 Å². The Morgan fingerprint density at radius 1 is 1.44 bits per heavy atom. The second-order valence-corrected chi connectivity index (χ2v) is 5.63. The minimum absolute atomic E-state index is 0.503. The fourth-order valence-corrected chi connectivity index (χ4v) is 3.20. The van der Waals surface area contributed by atoms with Crippen LogP contribution in [0.4, 0.5) is 0 Å². The van der Waals surface area contributed by atoms with Gasteiger partial charge in [0.05, 0.1) is 6.20 Å². The predicted octanol–water partition coefficient (Wildman–Crippen LogP) is 3.38. The van der Waals surface area contributed by atoms with Crippen molar-refractivity contribution in [3.8, 4) is 0 Å². The van der Waals surface area contributed by atoms with Crippen molar-refractivity contribution in [2.24, 2.45) is 11.8 Å². The van der Waals surface area contributed by atoms with Gasteiger partial charge in [0, 0.05) is 24.3 Å². The highest BCUT2D eigenvalue weighted by Crippen LogP contribution is 2.39. The third-order valence-corrected chi connectivity index (χ3v) is 4.31.